The number of alkyl halides is 2. The predicted octanol–water partition coefficient (Wildman–Crippen LogP) is 2.74. The van der Waals surface area contributed by atoms with Gasteiger partial charge in [0, 0.05) is 38.2 Å². The molecule has 10 heteroatoms. The lowest BCUT2D eigenvalue weighted by atomic mass is 10.1. The van der Waals surface area contributed by atoms with Gasteiger partial charge >= 0.3 is 21.5 Å². The van der Waals surface area contributed by atoms with Crippen LogP contribution in [-0.4, -0.2) is 48.3 Å². The standard InChI is InChI=1S/C16H22F2N2O5S/c1-15(2,3)24-14(21)20-9-7-11-5-6-13(19-12(11)8-10-20)25-26(22,23)16(4,17)18/h5-6H,7-10H2,1-4H3. The highest BCUT2D eigenvalue weighted by molar-refractivity contribution is 7.88. The average Bonchev–Trinajstić information content (AvgIpc) is 2.66. The Morgan fingerprint density at radius 2 is 1.77 bits per heavy atom. The maximum atomic E-state index is 13.1. The van der Waals surface area contributed by atoms with Crippen molar-refractivity contribution in [2.45, 2.75) is 51.4 Å². The van der Waals surface area contributed by atoms with Crippen LogP contribution in [0.3, 0.4) is 0 Å². The highest BCUT2D eigenvalue weighted by atomic mass is 32.2. The first-order chi connectivity index (χ1) is 11.8. The van der Waals surface area contributed by atoms with E-state index in [9.17, 15) is 22.0 Å². The summed E-state index contributed by atoms with van der Waals surface area (Å²) in [7, 11) is -5.11. The van der Waals surface area contributed by atoms with Crippen molar-refractivity contribution in [2.75, 3.05) is 13.1 Å². The molecule has 7 nitrogen and oxygen atoms in total. The first-order valence-corrected chi connectivity index (χ1v) is 9.48. The number of fused-ring (bicyclic) bond motifs is 1. The molecule has 0 saturated heterocycles. The maximum absolute atomic E-state index is 13.1. The zero-order chi connectivity index (χ0) is 19.8. The molecule has 0 spiro atoms. The molecule has 0 N–H and O–H groups in total. The van der Waals surface area contributed by atoms with Crippen LogP contribution in [0.15, 0.2) is 12.1 Å². The van der Waals surface area contributed by atoms with Gasteiger partial charge in [-0.3, -0.25) is 0 Å². The first kappa shape index (κ1) is 20.3. The lowest BCUT2D eigenvalue weighted by Gasteiger charge is -2.26. The van der Waals surface area contributed by atoms with Gasteiger partial charge in [-0.15, -0.1) is 0 Å². The van der Waals surface area contributed by atoms with Crippen LogP contribution in [0.5, 0.6) is 5.88 Å². The third kappa shape index (κ3) is 5.03. The van der Waals surface area contributed by atoms with Gasteiger partial charge in [0.2, 0.25) is 5.88 Å². The molecule has 0 radical (unpaired) electrons. The van der Waals surface area contributed by atoms with Gasteiger partial charge in [0.15, 0.2) is 0 Å². The largest absolute Gasteiger partial charge is 0.444 e. The number of hydrogen-bond donors (Lipinski definition) is 0. The number of carbonyl (C=O) groups is 1. The second-order valence-electron chi connectivity index (χ2n) is 7.07. The Balaban J connectivity index is 2.13. The molecule has 0 aromatic carbocycles. The quantitative estimate of drug-likeness (QED) is 0.736. The van der Waals surface area contributed by atoms with E-state index in [0.717, 1.165) is 5.56 Å². The number of rotatable bonds is 3. The van der Waals surface area contributed by atoms with Gasteiger partial charge in [-0.05, 0) is 32.8 Å². The zero-order valence-electron chi connectivity index (χ0n) is 15.1. The Morgan fingerprint density at radius 1 is 1.15 bits per heavy atom. The predicted molar refractivity (Wildman–Crippen MR) is 89.6 cm³/mol. The molecule has 2 rings (SSSR count). The second-order valence-corrected chi connectivity index (χ2v) is 8.86. The van der Waals surface area contributed by atoms with Crippen molar-refractivity contribution >= 4 is 16.2 Å². The summed E-state index contributed by atoms with van der Waals surface area (Å²) in [5.41, 5.74) is 0.683. The van der Waals surface area contributed by atoms with E-state index < -0.39 is 32.9 Å². The van der Waals surface area contributed by atoms with Gasteiger partial charge in [0.05, 0.1) is 0 Å². The number of nitrogens with zero attached hydrogens (tertiary/aromatic N) is 2. The molecule has 26 heavy (non-hydrogen) atoms. The molecule has 0 fully saturated rings. The minimum absolute atomic E-state index is 0.241. The van der Waals surface area contributed by atoms with E-state index in [4.69, 9.17) is 4.74 Å². The molecular formula is C16H22F2N2O5S. The van der Waals surface area contributed by atoms with Gasteiger partial charge in [0.25, 0.3) is 0 Å². The van der Waals surface area contributed by atoms with Crippen LogP contribution in [0, 0.1) is 0 Å². The zero-order valence-corrected chi connectivity index (χ0v) is 15.9. The summed E-state index contributed by atoms with van der Waals surface area (Å²) in [5, 5.41) is -4.03. The van der Waals surface area contributed by atoms with E-state index in [1.54, 1.807) is 26.8 Å². The summed E-state index contributed by atoms with van der Waals surface area (Å²) in [6.07, 6.45) is 0.363. The van der Waals surface area contributed by atoms with E-state index >= 15 is 0 Å². The highest BCUT2D eigenvalue weighted by Crippen LogP contribution is 2.26. The van der Waals surface area contributed by atoms with Crippen LogP contribution >= 0.6 is 0 Å². The fourth-order valence-electron chi connectivity index (χ4n) is 2.30. The van der Waals surface area contributed by atoms with Crippen molar-refractivity contribution in [1.82, 2.24) is 9.88 Å². The molecule has 1 aliphatic rings. The van der Waals surface area contributed by atoms with Gasteiger partial charge in [-0.25, -0.2) is 9.78 Å². The molecule has 2 heterocycles. The minimum Gasteiger partial charge on any atom is -0.444 e. The number of ether oxygens (including phenoxy) is 1. The van der Waals surface area contributed by atoms with Crippen LogP contribution in [0.2, 0.25) is 0 Å². The Kier molecular flexibility index (Phi) is 5.46. The van der Waals surface area contributed by atoms with Crippen LogP contribution < -0.4 is 4.18 Å². The Bertz CT molecular complexity index is 785. The summed E-state index contributed by atoms with van der Waals surface area (Å²) in [6.45, 7) is 6.28. The molecule has 0 saturated carbocycles. The summed E-state index contributed by atoms with van der Waals surface area (Å²) >= 11 is 0. The van der Waals surface area contributed by atoms with Crippen LogP contribution in [0.1, 0.15) is 39.0 Å². The van der Waals surface area contributed by atoms with Crippen molar-refractivity contribution in [1.29, 1.82) is 0 Å². The number of aromatic nitrogens is 1. The fraction of sp³-hybridized carbons (Fsp3) is 0.625. The first-order valence-electron chi connectivity index (χ1n) is 8.07. The summed E-state index contributed by atoms with van der Waals surface area (Å²) in [4.78, 5) is 17.7. The third-order valence-corrected chi connectivity index (χ3v) is 4.87. The topological polar surface area (TPSA) is 85.8 Å². The molecule has 0 aliphatic carbocycles. The Morgan fingerprint density at radius 3 is 2.35 bits per heavy atom. The average molecular weight is 392 g/mol. The van der Waals surface area contributed by atoms with E-state index in [1.165, 1.54) is 11.0 Å². The van der Waals surface area contributed by atoms with Crippen molar-refractivity contribution in [3.8, 4) is 5.88 Å². The molecule has 1 aliphatic heterocycles. The van der Waals surface area contributed by atoms with Crippen molar-refractivity contribution in [2.24, 2.45) is 0 Å². The summed E-state index contributed by atoms with van der Waals surface area (Å²) in [5.74, 6) is -0.420. The third-order valence-electron chi connectivity index (χ3n) is 3.60. The fourth-order valence-corrected chi connectivity index (χ4v) is 2.77. The van der Waals surface area contributed by atoms with E-state index in [0.29, 0.717) is 31.6 Å². The number of amides is 1. The summed E-state index contributed by atoms with van der Waals surface area (Å²) < 4.78 is 58.8. The monoisotopic (exact) mass is 392 g/mol. The van der Waals surface area contributed by atoms with E-state index in [-0.39, 0.29) is 6.92 Å². The second kappa shape index (κ2) is 6.98. The molecule has 1 aromatic heterocycles. The summed E-state index contributed by atoms with van der Waals surface area (Å²) in [6, 6.07) is 2.80. The number of hydrogen-bond acceptors (Lipinski definition) is 6. The number of carbonyl (C=O) groups excluding carboxylic acids is 1. The number of pyridine rings is 1. The normalized spacial score (nSPS) is 15.8. The van der Waals surface area contributed by atoms with Gasteiger partial charge in [-0.2, -0.15) is 17.2 Å². The lowest BCUT2D eigenvalue weighted by Crippen LogP contribution is -2.38. The van der Waals surface area contributed by atoms with Crippen molar-refractivity contribution in [3.63, 3.8) is 0 Å². The molecule has 1 amide bonds. The van der Waals surface area contributed by atoms with Crippen molar-refractivity contribution < 1.29 is 30.9 Å². The van der Waals surface area contributed by atoms with Crippen molar-refractivity contribution in [3.05, 3.63) is 23.4 Å². The van der Waals surface area contributed by atoms with Gasteiger partial charge in [0.1, 0.15) is 5.60 Å². The molecule has 0 unspecified atom stereocenters. The van der Waals surface area contributed by atoms with E-state index in [2.05, 4.69) is 9.17 Å². The molecule has 146 valence electrons. The number of halogens is 2. The molecular weight excluding hydrogens is 370 g/mol. The molecule has 1 aromatic rings. The van der Waals surface area contributed by atoms with E-state index in [1.807, 2.05) is 0 Å². The minimum atomic E-state index is -5.11. The Hall–Kier alpha value is -1.97. The van der Waals surface area contributed by atoms with Crippen LogP contribution in [0.25, 0.3) is 0 Å². The van der Waals surface area contributed by atoms with Gasteiger partial charge < -0.3 is 13.8 Å². The molecule has 0 bridgehead atoms. The van der Waals surface area contributed by atoms with Gasteiger partial charge in [-0.1, -0.05) is 6.07 Å². The van der Waals surface area contributed by atoms with Crippen LogP contribution in [-0.2, 0) is 27.7 Å². The molecule has 0 atom stereocenters. The smallest absolute Gasteiger partial charge is 0.410 e. The SMILES string of the molecule is CC(C)(C)OC(=O)N1CCc2ccc(OS(=O)(=O)C(C)(F)F)nc2CC1. The highest BCUT2D eigenvalue weighted by Gasteiger charge is 2.42. The van der Waals surface area contributed by atoms with Crippen LogP contribution in [0.4, 0.5) is 13.6 Å². The maximum Gasteiger partial charge on any atom is 0.410 e. The lowest BCUT2D eigenvalue weighted by molar-refractivity contribution is 0.0258. The Labute approximate surface area is 151 Å².